The first-order chi connectivity index (χ1) is 19.2. The van der Waals surface area contributed by atoms with Crippen molar-refractivity contribution in [1.29, 1.82) is 0 Å². The molecule has 6 heterocycles. The van der Waals surface area contributed by atoms with Crippen LogP contribution in [0.5, 0.6) is 5.75 Å². The molecule has 2 aliphatic rings. The van der Waals surface area contributed by atoms with Gasteiger partial charge in [-0.25, -0.2) is 14.4 Å². The lowest BCUT2D eigenvalue weighted by molar-refractivity contribution is 0.237. The van der Waals surface area contributed by atoms with Gasteiger partial charge in [0.05, 0.1) is 16.7 Å². The Hall–Kier alpha value is -3.89. The van der Waals surface area contributed by atoms with E-state index in [1.807, 2.05) is 18.2 Å². The molecule has 2 fully saturated rings. The second-order valence-corrected chi connectivity index (χ2v) is 10.4. The Bertz CT molecular complexity index is 1620. The van der Waals surface area contributed by atoms with Crippen molar-refractivity contribution in [2.24, 2.45) is 0 Å². The van der Waals surface area contributed by atoms with Gasteiger partial charge in [-0.1, -0.05) is 0 Å². The predicted molar refractivity (Wildman–Crippen MR) is 148 cm³/mol. The number of imidazole rings is 1. The van der Waals surface area contributed by atoms with Crippen molar-refractivity contribution in [3.8, 4) is 28.5 Å². The largest absolute Gasteiger partial charge is 0.492 e. The SMILES string of the molecule is Fc1cc(OCCN2CCCC2)cc(-c2nccc3[nH]c(-c4n[nH]c5ccc(C6CCNCC6)nc45)nc23)c1. The average molecular weight is 527 g/mol. The normalized spacial score (nSPS) is 16.9. The zero-order valence-corrected chi connectivity index (χ0v) is 21.7. The molecule has 1 aromatic carbocycles. The van der Waals surface area contributed by atoms with Crippen LogP contribution in [0, 0.1) is 5.82 Å². The number of H-pyrrole nitrogens is 2. The Kier molecular flexibility index (Phi) is 6.41. The van der Waals surface area contributed by atoms with Gasteiger partial charge < -0.3 is 15.0 Å². The van der Waals surface area contributed by atoms with E-state index in [4.69, 9.17) is 14.7 Å². The number of piperidine rings is 1. The fourth-order valence-electron chi connectivity index (χ4n) is 5.76. The molecule has 2 saturated heterocycles. The summed E-state index contributed by atoms with van der Waals surface area (Å²) in [5.74, 6) is 1.15. The van der Waals surface area contributed by atoms with E-state index in [0.717, 1.165) is 67.8 Å². The van der Waals surface area contributed by atoms with Crippen LogP contribution in [0.2, 0.25) is 0 Å². The summed E-state index contributed by atoms with van der Waals surface area (Å²) in [5, 5.41) is 11.1. The molecule has 5 aromatic rings. The van der Waals surface area contributed by atoms with E-state index in [9.17, 15) is 4.39 Å². The molecule has 0 amide bonds. The van der Waals surface area contributed by atoms with Crippen LogP contribution in [0.15, 0.2) is 42.6 Å². The quantitative estimate of drug-likeness (QED) is 0.284. The first-order valence-corrected chi connectivity index (χ1v) is 13.8. The Morgan fingerprint density at radius 3 is 2.67 bits per heavy atom. The summed E-state index contributed by atoms with van der Waals surface area (Å²) in [6.45, 7) is 5.58. The molecule has 10 heteroatoms. The Morgan fingerprint density at radius 2 is 1.79 bits per heavy atom. The fourth-order valence-corrected chi connectivity index (χ4v) is 5.76. The highest BCUT2D eigenvalue weighted by Gasteiger charge is 2.21. The summed E-state index contributed by atoms with van der Waals surface area (Å²) < 4.78 is 20.6. The van der Waals surface area contributed by atoms with Crippen molar-refractivity contribution in [3.05, 3.63) is 54.1 Å². The monoisotopic (exact) mass is 526 g/mol. The summed E-state index contributed by atoms with van der Waals surface area (Å²) in [4.78, 5) is 20.2. The number of nitrogens with zero attached hydrogens (tertiary/aromatic N) is 5. The Labute approximate surface area is 225 Å². The molecular weight excluding hydrogens is 495 g/mol. The van der Waals surface area contributed by atoms with Gasteiger partial charge >= 0.3 is 0 Å². The van der Waals surface area contributed by atoms with Gasteiger partial charge in [0.15, 0.2) is 11.5 Å². The molecular formula is C29H31FN8O. The first kappa shape index (κ1) is 24.2. The van der Waals surface area contributed by atoms with Crippen molar-refractivity contribution in [2.75, 3.05) is 39.3 Å². The van der Waals surface area contributed by atoms with E-state index < -0.39 is 0 Å². The number of halogens is 1. The summed E-state index contributed by atoms with van der Waals surface area (Å²) in [7, 11) is 0. The van der Waals surface area contributed by atoms with Gasteiger partial charge in [-0.05, 0) is 82.2 Å². The number of rotatable bonds is 7. The lowest BCUT2D eigenvalue weighted by atomic mass is 9.94. The summed E-state index contributed by atoms with van der Waals surface area (Å²) in [6, 6.07) is 10.7. The number of ether oxygens (including phenoxy) is 1. The van der Waals surface area contributed by atoms with Crippen molar-refractivity contribution >= 4 is 22.1 Å². The second kappa shape index (κ2) is 10.3. The highest BCUT2D eigenvalue weighted by molar-refractivity contribution is 5.94. The van der Waals surface area contributed by atoms with E-state index in [-0.39, 0.29) is 5.82 Å². The predicted octanol–water partition coefficient (Wildman–Crippen LogP) is 4.64. The lowest BCUT2D eigenvalue weighted by Crippen LogP contribution is -2.27. The maximum atomic E-state index is 14.7. The maximum Gasteiger partial charge on any atom is 0.161 e. The van der Waals surface area contributed by atoms with E-state index in [1.54, 1.807) is 6.20 Å². The third kappa shape index (κ3) is 4.86. The van der Waals surface area contributed by atoms with Crippen molar-refractivity contribution < 1.29 is 9.13 Å². The number of aromatic nitrogens is 6. The number of nitrogens with one attached hydrogen (secondary N) is 3. The van der Waals surface area contributed by atoms with Crippen LogP contribution in [-0.4, -0.2) is 74.4 Å². The number of pyridine rings is 2. The molecule has 0 atom stereocenters. The number of fused-ring (bicyclic) bond motifs is 2. The zero-order valence-electron chi connectivity index (χ0n) is 21.7. The maximum absolute atomic E-state index is 14.7. The second-order valence-electron chi connectivity index (χ2n) is 10.4. The van der Waals surface area contributed by atoms with Crippen LogP contribution in [-0.2, 0) is 0 Å². The molecule has 4 aromatic heterocycles. The molecule has 0 unspecified atom stereocenters. The van der Waals surface area contributed by atoms with Crippen LogP contribution in [0.3, 0.4) is 0 Å². The zero-order chi connectivity index (χ0) is 26.2. The van der Waals surface area contributed by atoms with Gasteiger partial charge in [-0.2, -0.15) is 5.10 Å². The van der Waals surface area contributed by atoms with Crippen LogP contribution < -0.4 is 10.1 Å². The minimum Gasteiger partial charge on any atom is -0.492 e. The number of hydrogen-bond acceptors (Lipinski definition) is 7. The molecule has 39 heavy (non-hydrogen) atoms. The van der Waals surface area contributed by atoms with Gasteiger partial charge in [0.1, 0.15) is 29.2 Å². The van der Waals surface area contributed by atoms with Crippen molar-refractivity contribution in [3.63, 3.8) is 0 Å². The molecule has 2 aliphatic heterocycles. The number of aromatic amines is 2. The first-order valence-electron chi connectivity index (χ1n) is 13.8. The lowest BCUT2D eigenvalue weighted by Gasteiger charge is -2.22. The van der Waals surface area contributed by atoms with Crippen LogP contribution >= 0.6 is 0 Å². The minimum absolute atomic E-state index is 0.369. The summed E-state index contributed by atoms with van der Waals surface area (Å²) in [5.41, 5.74) is 6.04. The highest BCUT2D eigenvalue weighted by atomic mass is 19.1. The molecule has 200 valence electrons. The highest BCUT2D eigenvalue weighted by Crippen LogP contribution is 2.33. The number of benzene rings is 1. The summed E-state index contributed by atoms with van der Waals surface area (Å²) in [6.07, 6.45) is 6.31. The Balaban J connectivity index is 1.20. The molecule has 0 saturated carbocycles. The standard InChI is InChI=1S/C29H31FN8O/c30-20-15-19(16-21(17-20)39-14-13-38-11-1-2-12-38)25-26-23(7-10-32-25)34-29(35-26)28-27-24(36-37-28)4-3-22(33-27)18-5-8-31-9-6-18/h3-4,7,10,15-18,31H,1-2,5-6,8-9,11-14H2,(H,34,35)(H,36,37). The van der Waals surface area contributed by atoms with Crippen molar-refractivity contribution in [2.45, 2.75) is 31.6 Å². The van der Waals surface area contributed by atoms with Crippen LogP contribution in [0.25, 0.3) is 44.8 Å². The van der Waals surface area contributed by atoms with E-state index in [1.165, 1.54) is 25.0 Å². The van der Waals surface area contributed by atoms with Gasteiger partial charge in [-0.3, -0.25) is 15.0 Å². The molecule has 0 spiro atoms. The van der Waals surface area contributed by atoms with Gasteiger partial charge in [0, 0.05) is 36.0 Å². The molecule has 0 radical (unpaired) electrons. The molecule has 0 aliphatic carbocycles. The molecule has 3 N–H and O–H groups in total. The number of hydrogen-bond donors (Lipinski definition) is 3. The fraction of sp³-hybridized carbons (Fsp3) is 0.379. The van der Waals surface area contributed by atoms with Crippen LogP contribution in [0.1, 0.15) is 37.3 Å². The number of likely N-dealkylation sites (tertiary alicyclic amines) is 1. The Morgan fingerprint density at radius 1 is 0.949 bits per heavy atom. The van der Waals surface area contributed by atoms with Gasteiger partial charge in [0.2, 0.25) is 0 Å². The third-order valence-electron chi connectivity index (χ3n) is 7.83. The van der Waals surface area contributed by atoms with E-state index in [2.05, 4.69) is 36.4 Å². The smallest absolute Gasteiger partial charge is 0.161 e. The van der Waals surface area contributed by atoms with E-state index in [0.29, 0.717) is 46.6 Å². The molecule has 9 nitrogen and oxygen atoms in total. The molecule has 0 bridgehead atoms. The third-order valence-corrected chi connectivity index (χ3v) is 7.83. The van der Waals surface area contributed by atoms with Gasteiger partial charge in [-0.15, -0.1) is 0 Å². The summed E-state index contributed by atoms with van der Waals surface area (Å²) >= 11 is 0. The van der Waals surface area contributed by atoms with Crippen LogP contribution in [0.4, 0.5) is 4.39 Å². The average Bonchev–Trinajstić information content (AvgIpc) is 3.72. The minimum atomic E-state index is -0.369. The topological polar surface area (TPSA) is 108 Å². The molecule has 7 rings (SSSR count). The van der Waals surface area contributed by atoms with E-state index >= 15 is 0 Å². The van der Waals surface area contributed by atoms with Gasteiger partial charge in [0.25, 0.3) is 0 Å². The van der Waals surface area contributed by atoms with Crippen molar-refractivity contribution in [1.82, 2.24) is 40.3 Å².